The number of alkyl halides is 2. The summed E-state index contributed by atoms with van der Waals surface area (Å²) in [4.78, 5) is 3.64. The van der Waals surface area contributed by atoms with Gasteiger partial charge in [0.2, 0.25) is 0 Å². The lowest BCUT2D eigenvalue weighted by molar-refractivity contribution is 0.145. The molecule has 1 nitrogen and oxygen atoms in total. The van der Waals surface area contributed by atoms with Crippen molar-refractivity contribution >= 4 is 47.8 Å². The van der Waals surface area contributed by atoms with Crippen LogP contribution in [0, 0.1) is 0 Å². The maximum absolute atomic E-state index is 12.2. The molecule has 0 fully saturated rings. The van der Waals surface area contributed by atoms with Crippen molar-refractivity contribution in [2.45, 2.75) is 6.43 Å². The molecule has 0 aliphatic heterocycles. The van der Waals surface area contributed by atoms with Crippen LogP contribution in [0.3, 0.4) is 0 Å². The van der Waals surface area contributed by atoms with Crippen molar-refractivity contribution in [2.24, 2.45) is 0 Å². The van der Waals surface area contributed by atoms with E-state index in [4.69, 9.17) is 0 Å². The summed E-state index contributed by atoms with van der Waals surface area (Å²) in [6.07, 6.45) is -2.57. The van der Waals surface area contributed by atoms with Gasteiger partial charge < -0.3 is 0 Å². The maximum Gasteiger partial charge on any atom is 0.281 e. The lowest BCUT2D eigenvalue weighted by Gasteiger charge is -2.03. The third kappa shape index (κ3) is 2.23. The van der Waals surface area contributed by atoms with Crippen LogP contribution < -0.4 is 0 Å². The Hall–Kier alpha value is 0.450. The molecule has 0 radical (unpaired) electrons. The molecule has 66 valence electrons. The second-order valence-electron chi connectivity index (χ2n) is 1.93. The molecule has 12 heavy (non-hydrogen) atoms. The number of pyridine rings is 1. The summed E-state index contributed by atoms with van der Waals surface area (Å²) in [5.74, 6) is 0. The van der Waals surface area contributed by atoms with Gasteiger partial charge in [-0.2, -0.15) is 0 Å². The van der Waals surface area contributed by atoms with Crippen LogP contribution in [0.1, 0.15) is 12.1 Å². The lowest BCUT2D eigenvalue weighted by atomic mass is 10.4. The van der Waals surface area contributed by atoms with Crippen LogP contribution in [0.25, 0.3) is 0 Å². The van der Waals surface area contributed by atoms with Crippen LogP contribution in [-0.2, 0) is 0 Å². The minimum absolute atomic E-state index is 0.259. The molecular formula is C6H2Br3F2N. The minimum atomic E-state index is -2.57. The predicted octanol–water partition coefficient (Wildman–Crippen LogP) is 4.31. The van der Waals surface area contributed by atoms with Crippen molar-refractivity contribution in [3.8, 4) is 0 Å². The summed E-state index contributed by atoms with van der Waals surface area (Å²) >= 11 is 9.17. The van der Waals surface area contributed by atoms with Crippen molar-refractivity contribution in [2.75, 3.05) is 0 Å². The maximum atomic E-state index is 12.2. The van der Waals surface area contributed by atoms with E-state index in [1.807, 2.05) is 0 Å². The monoisotopic (exact) mass is 363 g/mol. The highest BCUT2D eigenvalue weighted by Crippen LogP contribution is 2.31. The van der Waals surface area contributed by atoms with Gasteiger partial charge in [0, 0.05) is 4.47 Å². The zero-order valence-corrected chi connectivity index (χ0v) is 10.2. The van der Waals surface area contributed by atoms with E-state index in [0.717, 1.165) is 0 Å². The highest BCUT2D eigenvalue weighted by Gasteiger charge is 2.15. The van der Waals surface area contributed by atoms with Gasteiger partial charge in [0.1, 0.15) is 10.3 Å². The fourth-order valence-electron chi connectivity index (χ4n) is 0.610. The van der Waals surface area contributed by atoms with E-state index in [2.05, 4.69) is 52.8 Å². The Balaban J connectivity index is 3.23. The first-order chi connectivity index (χ1) is 5.52. The normalized spacial score (nSPS) is 10.8. The van der Waals surface area contributed by atoms with E-state index in [9.17, 15) is 8.78 Å². The first-order valence-corrected chi connectivity index (χ1v) is 5.20. The first-order valence-electron chi connectivity index (χ1n) is 2.82. The van der Waals surface area contributed by atoms with Crippen molar-refractivity contribution in [1.29, 1.82) is 0 Å². The molecule has 0 saturated carbocycles. The van der Waals surface area contributed by atoms with Crippen LogP contribution in [0.5, 0.6) is 0 Å². The Bertz CT molecular complexity index is 303. The second-order valence-corrected chi connectivity index (χ2v) is 4.39. The topological polar surface area (TPSA) is 12.9 Å². The van der Waals surface area contributed by atoms with Crippen LogP contribution in [-0.4, -0.2) is 4.98 Å². The van der Waals surface area contributed by atoms with Gasteiger partial charge >= 0.3 is 0 Å². The van der Waals surface area contributed by atoms with Crippen LogP contribution in [0.2, 0.25) is 0 Å². The van der Waals surface area contributed by atoms with E-state index in [1.165, 1.54) is 6.07 Å². The van der Waals surface area contributed by atoms with Crippen molar-refractivity contribution in [1.82, 2.24) is 4.98 Å². The quantitative estimate of drug-likeness (QED) is 0.676. The lowest BCUT2D eigenvalue weighted by Crippen LogP contribution is -1.92. The summed E-state index contributed by atoms with van der Waals surface area (Å²) in [6, 6.07) is 1.53. The Morgan fingerprint density at radius 1 is 1.17 bits per heavy atom. The Morgan fingerprint density at radius 3 is 2.25 bits per heavy atom. The number of halogens is 5. The zero-order valence-electron chi connectivity index (χ0n) is 5.49. The number of nitrogens with zero attached hydrogens (tertiary/aromatic N) is 1. The van der Waals surface area contributed by atoms with Gasteiger partial charge in [-0.05, 0) is 53.9 Å². The third-order valence-electron chi connectivity index (χ3n) is 1.12. The van der Waals surface area contributed by atoms with Crippen LogP contribution in [0.15, 0.2) is 19.6 Å². The van der Waals surface area contributed by atoms with Gasteiger partial charge in [0.05, 0.1) is 4.47 Å². The van der Waals surface area contributed by atoms with Gasteiger partial charge in [-0.3, -0.25) is 0 Å². The molecule has 0 saturated heterocycles. The standard InChI is InChI=1S/C6H2Br3F2N/c7-2-1-3(8)5(9)12-4(2)6(10)11/h1,6H. The van der Waals surface area contributed by atoms with Crippen LogP contribution in [0.4, 0.5) is 8.78 Å². The Labute approximate surface area is 92.9 Å². The smallest absolute Gasteiger partial charge is 0.238 e. The highest BCUT2D eigenvalue weighted by atomic mass is 79.9. The number of hydrogen-bond donors (Lipinski definition) is 0. The molecule has 1 rings (SSSR count). The molecule has 0 aromatic carbocycles. The SMILES string of the molecule is FC(F)c1nc(Br)c(Br)cc1Br. The Morgan fingerprint density at radius 2 is 1.75 bits per heavy atom. The number of aromatic nitrogens is 1. The molecule has 1 aromatic heterocycles. The molecular weight excluding hydrogens is 364 g/mol. The van der Waals surface area contributed by atoms with Gasteiger partial charge in [0.15, 0.2) is 0 Å². The van der Waals surface area contributed by atoms with E-state index in [-0.39, 0.29) is 5.69 Å². The molecule has 0 aliphatic rings. The zero-order chi connectivity index (χ0) is 9.30. The summed E-state index contributed by atoms with van der Waals surface area (Å²) in [5.41, 5.74) is -0.259. The summed E-state index contributed by atoms with van der Waals surface area (Å²) in [7, 11) is 0. The molecule has 1 heterocycles. The molecule has 0 bridgehead atoms. The number of rotatable bonds is 1. The summed E-state index contributed by atoms with van der Waals surface area (Å²) < 4.78 is 25.7. The molecule has 0 N–H and O–H groups in total. The highest BCUT2D eigenvalue weighted by molar-refractivity contribution is 9.13. The fraction of sp³-hybridized carbons (Fsp3) is 0.167. The van der Waals surface area contributed by atoms with Crippen molar-refractivity contribution < 1.29 is 8.78 Å². The summed E-state index contributed by atoms with van der Waals surface area (Å²) in [5, 5.41) is 0. The van der Waals surface area contributed by atoms with Crippen molar-refractivity contribution in [3.63, 3.8) is 0 Å². The molecule has 0 atom stereocenters. The molecule has 1 aromatic rings. The van der Waals surface area contributed by atoms with Gasteiger partial charge in [-0.25, -0.2) is 13.8 Å². The fourth-order valence-corrected chi connectivity index (χ4v) is 2.03. The van der Waals surface area contributed by atoms with E-state index in [1.54, 1.807) is 0 Å². The van der Waals surface area contributed by atoms with E-state index in [0.29, 0.717) is 13.5 Å². The van der Waals surface area contributed by atoms with E-state index >= 15 is 0 Å². The molecule has 0 spiro atoms. The molecule has 0 aliphatic carbocycles. The van der Waals surface area contributed by atoms with Gasteiger partial charge in [-0.1, -0.05) is 0 Å². The predicted molar refractivity (Wildman–Crippen MR) is 52.3 cm³/mol. The Kier molecular flexibility index (Phi) is 3.60. The molecule has 6 heteroatoms. The summed E-state index contributed by atoms with van der Waals surface area (Å²) in [6.45, 7) is 0. The molecule has 0 amide bonds. The van der Waals surface area contributed by atoms with Gasteiger partial charge in [-0.15, -0.1) is 0 Å². The second kappa shape index (κ2) is 4.11. The van der Waals surface area contributed by atoms with Crippen molar-refractivity contribution in [3.05, 3.63) is 25.3 Å². The minimum Gasteiger partial charge on any atom is -0.238 e. The number of hydrogen-bond acceptors (Lipinski definition) is 1. The largest absolute Gasteiger partial charge is 0.281 e. The average Bonchev–Trinajstić information content (AvgIpc) is 1.96. The third-order valence-corrected chi connectivity index (χ3v) is 3.50. The van der Waals surface area contributed by atoms with E-state index < -0.39 is 6.43 Å². The van der Waals surface area contributed by atoms with Gasteiger partial charge in [0.25, 0.3) is 6.43 Å². The average molecular weight is 366 g/mol. The first kappa shape index (κ1) is 10.5. The van der Waals surface area contributed by atoms with Crippen LogP contribution >= 0.6 is 47.8 Å². The molecule has 0 unspecified atom stereocenters.